The highest BCUT2D eigenvalue weighted by Crippen LogP contribution is 2.38. The molecule has 2 atom stereocenters. The first-order valence-corrected chi connectivity index (χ1v) is 8.38. The van der Waals surface area contributed by atoms with Crippen LogP contribution >= 0.6 is 15.9 Å². The number of benzene rings is 1. The molecular formula is C17H25BrFN. The summed E-state index contributed by atoms with van der Waals surface area (Å²) in [7, 11) is 0. The van der Waals surface area contributed by atoms with E-state index in [0.29, 0.717) is 17.1 Å². The zero-order valence-corrected chi connectivity index (χ0v) is 14.3. The van der Waals surface area contributed by atoms with Gasteiger partial charge in [0, 0.05) is 10.5 Å². The number of halogens is 2. The molecule has 1 aromatic carbocycles. The first kappa shape index (κ1) is 15.8. The second-order valence-corrected chi connectivity index (χ2v) is 7.86. The van der Waals surface area contributed by atoms with Gasteiger partial charge >= 0.3 is 0 Å². The van der Waals surface area contributed by atoms with Crippen LogP contribution in [0.3, 0.4) is 0 Å². The Hall–Kier alpha value is -0.570. The largest absolute Gasteiger partial charge is 0.379 e. The summed E-state index contributed by atoms with van der Waals surface area (Å²) >= 11 is 3.43. The molecule has 0 spiro atoms. The van der Waals surface area contributed by atoms with E-state index in [1.807, 2.05) is 6.07 Å². The van der Waals surface area contributed by atoms with E-state index in [1.54, 1.807) is 6.07 Å². The first-order chi connectivity index (χ1) is 9.38. The lowest BCUT2D eigenvalue weighted by Crippen LogP contribution is -2.22. The van der Waals surface area contributed by atoms with Gasteiger partial charge in [-0.15, -0.1) is 0 Å². The Morgan fingerprint density at radius 3 is 2.55 bits per heavy atom. The standard InChI is InChI=1S/C17H25BrFN/c1-17(2,3)12-6-4-7-13(11-10-12)20-16-14(18)8-5-9-15(16)19/h5,8-9,12-13,20H,4,6-7,10-11H2,1-3H3. The number of nitrogens with one attached hydrogen (secondary N) is 1. The van der Waals surface area contributed by atoms with Crippen LogP contribution in [0.1, 0.15) is 52.9 Å². The van der Waals surface area contributed by atoms with Crippen LogP contribution in [-0.4, -0.2) is 6.04 Å². The molecule has 3 heteroatoms. The zero-order chi connectivity index (χ0) is 14.8. The topological polar surface area (TPSA) is 12.0 Å². The van der Waals surface area contributed by atoms with Gasteiger partial charge in [-0.05, 0) is 65.1 Å². The molecule has 1 aliphatic carbocycles. The van der Waals surface area contributed by atoms with Gasteiger partial charge in [0.15, 0.2) is 0 Å². The fourth-order valence-electron chi connectivity index (χ4n) is 3.15. The monoisotopic (exact) mass is 341 g/mol. The van der Waals surface area contributed by atoms with Gasteiger partial charge in [0.05, 0.1) is 5.69 Å². The van der Waals surface area contributed by atoms with Gasteiger partial charge in [-0.25, -0.2) is 4.39 Å². The van der Waals surface area contributed by atoms with Crippen molar-refractivity contribution in [1.29, 1.82) is 0 Å². The Morgan fingerprint density at radius 2 is 1.90 bits per heavy atom. The second-order valence-electron chi connectivity index (χ2n) is 7.01. The maximum Gasteiger partial charge on any atom is 0.147 e. The number of anilines is 1. The fourth-order valence-corrected chi connectivity index (χ4v) is 3.61. The zero-order valence-electron chi connectivity index (χ0n) is 12.7. The Morgan fingerprint density at radius 1 is 1.15 bits per heavy atom. The summed E-state index contributed by atoms with van der Waals surface area (Å²) in [5.41, 5.74) is 1.000. The van der Waals surface area contributed by atoms with Crippen LogP contribution in [0.5, 0.6) is 0 Å². The normalized spacial score (nSPS) is 24.2. The van der Waals surface area contributed by atoms with Crippen LogP contribution in [0.25, 0.3) is 0 Å². The van der Waals surface area contributed by atoms with Crippen LogP contribution in [0.2, 0.25) is 0 Å². The number of rotatable bonds is 2. The summed E-state index contributed by atoms with van der Waals surface area (Å²) < 4.78 is 14.7. The van der Waals surface area contributed by atoms with E-state index in [9.17, 15) is 4.39 Å². The molecule has 2 unspecified atom stereocenters. The lowest BCUT2D eigenvalue weighted by molar-refractivity contribution is 0.214. The Kier molecular flexibility index (Phi) is 5.11. The van der Waals surface area contributed by atoms with Crippen molar-refractivity contribution in [1.82, 2.24) is 0 Å². The molecule has 0 aromatic heterocycles. The molecule has 0 radical (unpaired) electrons. The van der Waals surface area contributed by atoms with E-state index in [-0.39, 0.29) is 5.82 Å². The molecular weight excluding hydrogens is 317 g/mol. The highest BCUT2D eigenvalue weighted by molar-refractivity contribution is 9.10. The summed E-state index contributed by atoms with van der Waals surface area (Å²) in [5, 5.41) is 3.41. The smallest absolute Gasteiger partial charge is 0.147 e. The highest BCUT2D eigenvalue weighted by atomic mass is 79.9. The quantitative estimate of drug-likeness (QED) is 0.651. The van der Waals surface area contributed by atoms with E-state index in [0.717, 1.165) is 23.2 Å². The van der Waals surface area contributed by atoms with Crippen LogP contribution in [0, 0.1) is 17.2 Å². The molecule has 20 heavy (non-hydrogen) atoms. The molecule has 0 bridgehead atoms. The van der Waals surface area contributed by atoms with Crippen LogP contribution in [0.15, 0.2) is 22.7 Å². The second kappa shape index (κ2) is 6.46. The van der Waals surface area contributed by atoms with Crippen LogP contribution in [-0.2, 0) is 0 Å². The minimum Gasteiger partial charge on any atom is -0.379 e. The summed E-state index contributed by atoms with van der Waals surface area (Å²) in [6, 6.07) is 5.52. The van der Waals surface area contributed by atoms with E-state index in [4.69, 9.17) is 0 Å². The van der Waals surface area contributed by atoms with Gasteiger partial charge in [0.25, 0.3) is 0 Å². The van der Waals surface area contributed by atoms with E-state index in [2.05, 4.69) is 42.0 Å². The maximum absolute atomic E-state index is 13.9. The molecule has 1 N–H and O–H groups in total. The van der Waals surface area contributed by atoms with Crippen molar-refractivity contribution in [3.05, 3.63) is 28.5 Å². The Labute approximate surface area is 130 Å². The van der Waals surface area contributed by atoms with Crippen LogP contribution in [0.4, 0.5) is 10.1 Å². The predicted molar refractivity (Wildman–Crippen MR) is 87.5 cm³/mol. The van der Waals surface area contributed by atoms with Crippen molar-refractivity contribution in [2.24, 2.45) is 11.3 Å². The average molecular weight is 342 g/mol. The third-order valence-corrected chi connectivity index (χ3v) is 5.17. The van der Waals surface area contributed by atoms with E-state index in [1.165, 1.54) is 25.3 Å². The van der Waals surface area contributed by atoms with Gasteiger partial charge in [-0.3, -0.25) is 0 Å². The molecule has 0 saturated heterocycles. The lowest BCUT2D eigenvalue weighted by Gasteiger charge is -2.29. The van der Waals surface area contributed by atoms with Crippen molar-refractivity contribution in [3.8, 4) is 0 Å². The summed E-state index contributed by atoms with van der Waals surface area (Å²) in [6.07, 6.45) is 6.01. The average Bonchev–Trinajstić information content (AvgIpc) is 2.59. The number of hydrogen-bond donors (Lipinski definition) is 1. The van der Waals surface area contributed by atoms with Crippen molar-refractivity contribution >= 4 is 21.6 Å². The molecule has 2 rings (SSSR count). The molecule has 112 valence electrons. The van der Waals surface area contributed by atoms with Gasteiger partial charge < -0.3 is 5.32 Å². The van der Waals surface area contributed by atoms with E-state index < -0.39 is 0 Å². The van der Waals surface area contributed by atoms with E-state index >= 15 is 0 Å². The third-order valence-electron chi connectivity index (χ3n) is 4.50. The van der Waals surface area contributed by atoms with Gasteiger partial charge in [-0.2, -0.15) is 0 Å². The van der Waals surface area contributed by atoms with Crippen molar-refractivity contribution in [2.45, 2.75) is 58.9 Å². The predicted octanol–water partition coefficient (Wildman–Crippen LogP) is 6.00. The molecule has 1 saturated carbocycles. The summed E-state index contributed by atoms with van der Waals surface area (Å²) in [4.78, 5) is 0. The summed E-state index contributed by atoms with van der Waals surface area (Å²) in [5.74, 6) is 0.606. The minimum absolute atomic E-state index is 0.170. The highest BCUT2D eigenvalue weighted by Gasteiger charge is 2.28. The van der Waals surface area contributed by atoms with Crippen molar-refractivity contribution in [3.63, 3.8) is 0 Å². The summed E-state index contributed by atoms with van der Waals surface area (Å²) in [6.45, 7) is 7.00. The van der Waals surface area contributed by atoms with Gasteiger partial charge in [-0.1, -0.05) is 33.3 Å². The number of para-hydroxylation sites is 1. The molecule has 0 amide bonds. The van der Waals surface area contributed by atoms with Gasteiger partial charge in [0.2, 0.25) is 0 Å². The van der Waals surface area contributed by atoms with Crippen molar-refractivity contribution < 1.29 is 4.39 Å². The Balaban J connectivity index is 2.01. The third kappa shape index (κ3) is 3.97. The number of hydrogen-bond acceptors (Lipinski definition) is 1. The molecule has 1 aromatic rings. The lowest BCUT2D eigenvalue weighted by atomic mass is 9.76. The SMILES string of the molecule is CC(C)(C)C1CCCC(Nc2c(F)cccc2Br)CC1. The van der Waals surface area contributed by atoms with Crippen molar-refractivity contribution in [2.75, 3.05) is 5.32 Å². The minimum atomic E-state index is -0.170. The molecule has 0 heterocycles. The van der Waals surface area contributed by atoms with Gasteiger partial charge in [0.1, 0.15) is 5.82 Å². The fraction of sp³-hybridized carbons (Fsp3) is 0.647. The molecule has 1 fully saturated rings. The Bertz CT molecular complexity index is 433. The molecule has 1 nitrogen and oxygen atoms in total. The molecule has 1 aliphatic rings. The first-order valence-electron chi connectivity index (χ1n) is 7.58. The molecule has 0 aliphatic heterocycles. The maximum atomic E-state index is 13.9. The van der Waals surface area contributed by atoms with Crippen LogP contribution < -0.4 is 5.32 Å².